The average Bonchev–Trinajstić information content (AvgIpc) is 3.75. The summed E-state index contributed by atoms with van der Waals surface area (Å²) < 4.78 is 13.1. The number of hydrogen-bond donors (Lipinski definition) is 1. The molecule has 7 rings (SSSR count). The minimum Gasteiger partial charge on any atom is -0.444 e. The molecule has 0 saturated heterocycles. The summed E-state index contributed by atoms with van der Waals surface area (Å²) in [6.07, 6.45) is 0.0357. The standard InChI is InChI=1S/C36H30N4O5/c1-37-32(41)29-20-36(28-21-39(30-18-10-8-16-26(28)30)34(42)44-22-24-12-4-2-5-13-24)27-17-9-11-19-31(27)40(33(36)38-29)35(43)45-23-25-14-6-3-7-15-25/h2-19,21,33H,20,22-23H2,1H3,(H,37,41)/t33-,36+/m0/s1. The minimum absolute atomic E-state index is 0.0800. The molecule has 2 amide bonds. The van der Waals surface area contributed by atoms with Gasteiger partial charge in [-0.2, -0.15) is 0 Å². The molecule has 0 spiro atoms. The summed E-state index contributed by atoms with van der Waals surface area (Å²) >= 11 is 0. The molecule has 2 aliphatic rings. The van der Waals surface area contributed by atoms with Gasteiger partial charge >= 0.3 is 12.2 Å². The molecule has 3 heterocycles. The fourth-order valence-electron chi connectivity index (χ4n) is 6.49. The molecule has 45 heavy (non-hydrogen) atoms. The summed E-state index contributed by atoms with van der Waals surface area (Å²) in [6, 6.07) is 34.1. The zero-order valence-electron chi connectivity index (χ0n) is 24.6. The minimum atomic E-state index is -0.977. The van der Waals surface area contributed by atoms with Crippen molar-refractivity contribution in [3.63, 3.8) is 0 Å². The Labute approximate surface area is 259 Å². The van der Waals surface area contributed by atoms with E-state index in [0.717, 1.165) is 27.6 Å². The normalized spacial score (nSPS) is 18.2. The van der Waals surface area contributed by atoms with Gasteiger partial charge in [0.05, 0.1) is 16.6 Å². The maximum atomic E-state index is 13.9. The number of rotatable bonds is 6. The van der Waals surface area contributed by atoms with Crippen LogP contribution in [-0.4, -0.2) is 41.6 Å². The third-order valence-corrected chi connectivity index (χ3v) is 8.54. The number of amides is 2. The van der Waals surface area contributed by atoms with Gasteiger partial charge in [0.15, 0.2) is 0 Å². The molecule has 9 heteroatoms. The van der Waals surface area contributed by atoms with Crippen molar-refractivity contribution in [2.75, 3.05) is 11.9 Å². The van der Waals surface area contributed by atoms with E-state index < -0.39 is 23.8 Å². The highest BCUT2D eigenvalue weighted by atomic mass is 16.6. The number of aromatic nitrogens is 1. The molecule has 0 unspecified atom stereocenters. The quantitative estimate of drug-likeness (QED) is 0.251. The molecule has 0 bridgehead atoms. The van der Waals surface area contributed by atoms with Gasteiger partial charge in [0, 0.05) is 25.1 Å². The highest BCUT2D eigenvalue weighted by molar-refractivity contribution is 6.40. The number of aliphatic imine (C=N–C) groups is 1. The van der Waals surface area contributed by atoms with Crippen LogP contribution in [0.2, 0.25) is 0 Å². The number of nitrogens with one attached hydrogen (secondary N) is 1. The molecule has 0 aliphatic carbocycles. The SMILES string of the molecule is CNC(=O)C1=N[C@H]2N(C(=O)OCc3ccccc3)c3ccccc3[C@@]2(c2cn(C(=O)OCc3ccccc3)c3ccccc23)C1. The lowest BCUT2D eigenvalue weighted by Gasteiger charge is -2.31. The van der Waals surface area contributed by atoms with E-state index >= 15 is 0 Å². The van der Waals surface area contributed by atoms with E-state index in [-0.39, 0.29) is 25.5 Å². The molecule has 0 saturated carbocycles. The molecular weight excluding hydrogens is 568 g/mol. The van der Waals surface area contributed by atoms with E-state index in [0.29, 0.717) is 16.9 Å². The number of para-hydroxylation sites is 2. The summed E-state index contributed by atoms with van der Waals surface area (Å²) in [5.41, 5.74) is 3.91. The summed E-state index contributed by atoms with van der Waals surface area (Å²) in [7, 11) is 1.56. The van der Waals surface area contributed by atoms with Crippen molar-refractivity contribution in [3.8, 4) is 0 Å². The van der Waals surface area contributed by atoms with Gasteiger partial charge in [-0.1, -0.05) is 97.1 Å². The lowest BCUT2D eigenvalue weighted by atomic mass is 9.72. The van der Waals surface area contributed by atoms with Gasteiger partial charge in [-0.05, 0) is 34.4 Å². The number of benzene rings is 4. The Balaban J connectivity index is 1.33. The predicted molar refractivity (Wildman–Crippen MR) is 170 cm³/mol. The first-order chi connectivity index (χ1) is 22.0. The van der Waals surface area contributed by atoms with Gasteiger partial charge in [0.1, 0.15) is 25.1 Å². The van der Waals surface area contributed by atoms with E-state index in [1.165, 1.54) is 9.47 Å². The molecule has 2 aliphatic heterocycles. The number of hydrogen-bond acceptors (Lipinski definition) is 6. The van der Waals surface area contributed by atoms with Crippen molar-refractivity contribution in [2.24, 2.45) is 4.99 Å². The Morgan fingerprint density at radius 2 is 1.38 bits per heavy atom. The maximum absolute atomic E-state index is 13.9. The maximum Gasteiger partial charge on any atom is 0.418 e. The second-order valence-corrected chi connectivity index (χ2v) is 11.1. The molecule has 1 aromatic heterocycles. The molecule has 0 radical (unpaired) electrons. The van der Waals surface area contributed by atoms with Crippen molar-refractivity contribution in [1.82, 2.24) is 9.88 Å². The summed E-state index contributed by atoms with van der Waals surface area (Å²) in [5, 5.41) is 3.48. The molecule has 0 fully saturated rings. The van der Waals surface area contributed by atoms with Gasteiger partial charge in [0.25, 0.3) is 5.91 Å². The summed E-state index contributed by atoms with van der Waals surface area (Å²) in [6.45, 7) is 0.194. The van der Waals surface area contributed by atoms with Crippen LogP contribution in [0.3, 0.4) is 0 Å². The Kier molecular flexibility index (Phi) is 7.13. The van der Waals surface area contributed by atoms with Crippen LogP contribution in [0.15, 0.2) is 120 Å². The van der Waals surface area contributed by atoms with Gasteiger partial charge in [0.2, 0.25) is 0 Å². The Morgan fingerprint density at radius 3 is 2.07 bits per heavy atom. The third-order valence-electron chi connectivity index (χ3n) is 8.54. The molecule has 5 aromatic rings. The monoisotopic (exact) mass is 598 g/mol. The van der Waals surface area contributed by atoms with Crippen molar-refractivity contribution < 1.29 is 23.9 Å². The zero-order valence-corrected chi connectivity index (χ0v) is 24.6. The Morgan fingerprint density at radius 1 is 0.778 bits per heavy atom. The van der Waals surface area contributed by atoms with Gasteiger partial charge in [-0.25, -0.2) is 9.59 Å². The number of carbonyl (C=O) groups excluding carboxylic acids is 3. The fraction of sp³-hybridized carbons (Fsp3) is 0.167. The predicted octanol–water partition coefficient (Wildman–Crippen LogP) is 6.19. The van der Waals surface area contributed by atoms with E-state index in [1.54, 1.807) is 13.2 Å². The van der Waals surface area contributed by atoms with E-state index in [2.05, 4.69) is 5.32 Å². The van der Waals surface area contributed by atoms with Crippen molar-refractivity contribution >= 4 is 40.4 Å². The zero-order chi connectivity index (χ0) is 31.0. The Bertz CT molecular complexity index is 1950. The largest absolute Gasteiger partial charge is 0.444 e. The average molecular weight is 599 g/mol. The topological polar surface area (TPSA) is 102 Å². The van der Waals surface area contributed by atoms with Crippen LogP contribution in [0.4, 0.5) is 15.3 Å². The molecule has 224 valence electrons. The van der Waals surface area contributed by atoms with Crippen LogP contribution >= 0.6 is 0 Å². The number of nitrogens with zero attached hydrogens (tertiary/aromatic N) is 3. The molecule has 2 atom stereocenters. The first kappa shape index (κ1) is 28.1. The van der Waals surface area contributed by atoms with Crippen LogP contribution in [0.1, 0.15) is 28.7 Å². The number of carbonyl (C=O) groups is 3. The molecule has 1 N–H and O–H groups in total. The molecule has 9 nitrogen and oxygen atoms in total. The van der Waals surface area contributed by atoms with E-state index in [4.69, 9.17) is 14.5 Å². The number of ether oxygens (including phenoxy) is 2. The summed E-state index contributed by atoms with van der Waals surface area (Å²) in [4.78, 5) is 46.9. The van der Waals surface area contributed by atoms with Gasteiger partial charge < -0.3 is 14.8 Å². The van der Waals surface area contributed by atoms with Crippen LogP contribution < -0.4 is 10.2 Å². The second-order valence-electron chi connectivity index (χ2n) is 11.1. The van der Waals surface area contributed by atoms with E-state index in [9.17, 15) is 14.4 Å². The van der Waals surface area contributed by atoms with Crippen LogP contribution in [0.25, 0.3) is 10.9 Å². The Hall–Kier alpha value is -5.70. The smallest absolute Gasteiger partial charge is 0.418 e. The van der Waals surface area contributed by atoms with Crippen LogP contribution in [0.5, 0.6) is 0 Å². The van der Waals surface area contributed by atoms with Crippen molar-refractivity contribution in [1.29, 1.82) is 0 Å². The third kappa shape index (κ3) is 4.73. The molecule has 4 aromatic carbocycles. The van der Waals surface area contributed by atoms with Gasteiger partial charge in [-0.3, -0.25) is 19.3 Å². The summed E-state index contributed by atoms with van der Waals surface area (Å²) in [5.74, 6) is -0.329. The molecular formula is C36H30N4O5. The second kappa shape index (κ2) is 11.4. The van der Waals surface area contributed by atoms with Crippen LogP contribution in [-0.2, 0) is 32.9 Å². The first-order valence-corrected chi connectivity index (χ1v) is 14.7. The van der Waals surface area contributed by atoms with Crippen molar-refractivity contribution in [3.05, 3.63) is 138 Å². The van der Waals surface area contributed by atoms with E-state index in [1.807, 2.05) is 109 Å². The lowest BCUT2D eigenvalue weighted by molar-refractivity contribution is -0.114. The fourth-order valence-corrected chi connectivity index (χ4v) is 6.49. The number of fused-ring (bicyclic) bond motifs is 4. The van der Waals surface area contributed by atoms with Crippen LogP contribution in [0, 0.1) is 0 Å². The highest BCUT2D eigenvalue weighted by Gasteiger charge is 2.60. The lowest BCUT2D eigenvalue weighted by Crippen LogP contribution is -2.44. The first-order valence-electron chi connectivity index (χ1n) is 14.7. The highest BCUT2D eigenvalue weighted by Crippen LogP contribution is 2.56. The number of anilines is 1. The van der Waals surface area contributed by atoms with Crippen molar-refractivity contribution in [2.45, 2.75) is 31.2 Å². The van der Waals surface area contributed by atoms with Gasteiger partial charge in [-0.15, -0.1) is 0 Å².